The highest BCUT2D eigenvalue weighted by Gasteiger charge is 2.28. The van der Waals surface area contributed by atoms with Gasteiger partial charge in [-0.3, -0.25) is 0 Å². The number of hydrogen-bond acceptors (Lipinski definition) is 2. The molecule has 1 aliphatic carbocycles. The fraction of sp³-hybridized carbons (Fsp3) is 0.250. The lowest BCUT2D eigenvalue weighted by Crippen LogP contribution is -2.05. The summed E-state index contributed by atoms with van der Waals surface area (Å²) in [4.78, 5) is 11.2. The maximum atomic E-state index is 11.2. The lowest BCUT2D eigenvalue weighted by Gasteiger charge is -2.11. The molecular weight excluding hydrogens is 302 g/mol. The SMILES string of the molecule is COc1ccc2c(c1)cc(C1CC1)n2Cc1cccc(C(=O)O)c1. The Balaban J connectivity index is 1.78. The Labute approximate surface area is 140 Å². The summed E-state index contributed by atoms with van der Waals surface area (Å²) in [6.07, 6.45) is 2.45. The summed E-state index contributed by atoms with van der Waals surface area (Å²) < 4.78 is 7.65. The molecule has 1 heterocycles. The lowest BCUT2D eigenvalue weighted by atomic mass is 10.1. The lowest BCUT2D eigenvalue weighted by molar-refractivity contribution is 0.0696. The molecule has 1 saturated carbocycles. The zero-order valence-electron chi connectivity index (χ0n) is 13.5. The number of nitrogens with zero attached hydrogens (tertiary/aromatic N) is 1. The van der Waals surface area contributed by atoms with E-state index < -0.39 is 5.97 Å². The van der Waals surface area contributed by atoms with E-state index in [4.69, 9.17) is 4.74 Å². The second-order valence-corrected chi connectivity index (χ2v) is 6.36. The van der Waals surface area contributed by atoms with Gasteiger partial charge in [-0.15, -0.1) is 0 Å². The minimum absolute atomic E-state index is 0.332. The van der Waals surface area contributed by atoms with Gasteiger partial charge in [0.1, 0.15) is 5.75 Å². The van der Waals surface area contributed by atoms with Crippen LogP contribution in [0.2, 0.25) is 0 Å². The molecule has 1 aliphatic rings. The quantitative estimate of drug-likeness (QED) is 0.763. The molecule has 0 radical (unpaired) electrons. The molecule has 0 bridgehead atoms. The highest BCUT2D eigenvalue weighted by atomic mass is 16.5. The molecule has 3 aromatic rings. The second-order valence-electron chi connectivity index (χ2n) is 6.36. The van der Waals surface area contributed by atoms with Gasteiger partial charge in [-0.1, -0.05) is 12.1 Å². The van der Waals surface area contributed by atoms with Crippen LogP contribution in [0.5, 0.6) is 5.75 Å². The molecule has 0 aliphatic heterocycles. The van der Waals surface area contributed by atoms with E-state index in [2.05, 4.69) is 22.8 Å². The first kappa shape index (κ1) is 14.8. The number of methoxy groups -OCH3 is 1. The van der Waals surface area contributed by atoms with E-state index in [9.17, 15) is 9.90 Å². The number of carbonyl (C=O) groups is 1. The number of carboxylic acid groups (broad SMARTS) is 1. The predicted molar refractivity (Wildman–Crippen MR) is 93.0 cm³/mol. The number of aromatic carboxylic acids is 1. The topological polar surface area (TPSA) is 51.5 Å². The molecule has 0 unspecified atom stereocenters. The first-order valence-electron chi connectivity index (χ1n) is 8.15. The molecule has 0 saturated heterocycles. The number of carboxylic acids is 1. The van der Waals surface area contributed by atoms with Crippen LogP contribution in [0, 0.1) is 0 Å². The highest BCUT2D eigenvalue weighted by Crippen LogP contribution is 2.43. The average molecular weight is 321 g/mol. The van der Waals surface area contributed by atoms with Crippen LogP contribution in [0.4, 0.5) is 0 Å². The Morgan fingerprint density at radius 1 is 1.21 bits per heavy atom. The third-order valence-electron chi connectivity index (χ3n) is 4.65. The molecule has 2 aromatic carbocycles. The molecule has 0 atom stereocenters. The third-order valence-corrected chi connectivity index (χ3v) is 4.65. The van der Waals surface area contributed by atoms with Gasteiger partial charge >= 0.3 is 5.97 Å². The Morgan fingerprint density at radius 3 is 2.75 bits per heavy atom. The highest BCUT2D eigenvalue weighted by molar-refractivity contribution is 5.87. The van der Waals surface area contributed by atoms with Gasteiger partial charge < -0.3 is 14.4 Å². The van der Waals surface area contributed by atoms with E-state index in [0.717, 1.165) is 11.3 Å². The first-order valence-corrected chi connectivity index (χ1v) is 8.15. The van der Waals surface area contributed by atoms with Crippen molar-refractivity contribution in [1.82, 2.24) is 4.57 Å². The first-order chi connectivity index (χ1) is 11.7. The van der Waals surface area contributed by atoms with Crippen LogP contribution in [0.25, 0.3) is 10.9 Å². The van der Waals surface area contributed by atoms with E-state index in [1.807, 2.05) is 18.2 Å². The maximum Gasteiger partial charge on any atom is 0.335 e. The van der Waals surface area contributed by atoms with Gasteiger partial charge in [0.25, 0.3) is 0 Å². The van der Waals surface area contributed by atoms with Crippen molar-refractivity contribution in [3.63, 3.8) is 0 Å². The predicted octanol–water partition coefficient (Wildman–Crippen LogP) is 4.27. The molecule has 0 spiro atoms. The average Bonchev–Trinajstić information content (AvgIpc) is 3.38. The summed E-state index contributed by atoms with van der Waals surface area (Å²) in [7, 11) is 1.68. The Kier molecular flexibility index (Phi) is 3.53. The molecule has 4 rings (SSSR count). The van der Waals surface area contributed by atoms with Crippen LogP contribution in [0.3, 0.4) is 0 Å². The summed E-state index contributed by atoms with van der Waals surface area (Å²) in [6, 6.07) is 15.6. The minimum Gasteiger partial charge on any atom is -0.497 e. The molecule has 122 valence electrons. The summed E-state index contributed by atoms with van der Waals surface area (Å²) in [5.74, 6) is 0.585. The van der Waals surface area contributed by atoms with Crippen molar-refractivity contribution in [2.75, 3.05) is 7.11 Å². The number of benzene rings is 2. The fourth-order valence-electron chi connectivity index (χ4n) is 3.28. The van der Waals surface area contributed by atoms with E-state index >= 15 is 0 Å². The van der Waals surface area contributed by atoms with Gasteiger partial charge in [-0.25, -0.2) is 4.79 Å². The number of hydrogen-bond donors (Lipinski definition) is 1. The monoisotopic (exact) mass is 321 g/mol. The normalized spacial score (nSPS) is 14.0. The molecule has 0 amide bonds. The smallest absolute Gasteiger partial charge is 0.335 e. The van der Waals surface area contributed by atoms with Crippen molar-refractivity contribution in [3.05, 3.63) is 65.4 Å². The molecule has 4 nitrogen and oxygen atoms in total. The summed E-state index contributed by atoms with van der Waals surface area (Å²) in [5.41, 5.74) is 3.83. The van der Waals surface area contributed by atoms with Crippen molar-refractivity contribution in [1.29, 1.82) is 0 Å². The van der Waals surface area contributed by atoms with E-state index in [0.29, 0.717) is 18.0 Å². The van der Waals surface area contributed by atoms with Gasteiger partial charge in [0.15, 0.2) is 0 Å². The van der Waals surface area contributed by atoms with Gasteiger partial charge in [0.2, 0.25) is 0 Å². The number of aromatic nitrogens is 1. The van der Waals surface area contributed by atoms with Crippen LogP contribution >= 0.6 is 0 Å². The summed E-state index contributed by atoms with van der Waals surface area (Å²) in [5, 5.41) is 10.4. The zero-order chi connectivity index (χ0) is 16.7. The third kappa shape index (κ3) is 2.64. The minimum atomic E-state index is -0.888. The summed E-state index contributed by atoms with van der Waals surface area (Å²) in [6.45, 7) is 0.683. The van der Waals surface area contributed by atoms with Crippen LogP contribution in [0.1, 0.15) is 40.4 Å². The summed E-state index contributed by atoms with van der Waals surface area (Å²) >= 11 is 0. The van der Waals surface area contributed by atoms with Crippen LogP contribution in [0.15, 0.2) is 48.5 Å². The van der Waals surface area contributed by atoms with Crippen molar-refractivity contribution in [2.24, 2.45) is 0 Å². The zero-order valence-corrected chi connectivity index (χ0v) is 13.5. The molecule has 4 heteroatoms. The van der Waals surface area contributed by atoms with Gasteiger partial charge in [-0.2, -0.15) is 0 Å². The molecular formula is C20H19NO3. The van der Waals surface area contributed by atoms with Crippen LogP contribution in [-0.4, -0.2) is 22.8 Å². The standard InChI is InChI=1S/C20H19NO3/c1-24-17-7-8-18-16(10-17)11-19(14-5-6-14)21(18)12-13-3-2-4-15(9-13)20(22)23/h2-4,7-11,14H,5-6,12H2,1H3,(H,22,23). The largest absolute Gasteiger partial charge is 0.497 e. The Bertz CT molecular complexity index is 922. The molecule has 24 heavy (non-hydrogen) atoms. The molecule has 1 fully saturated rings. The van der Waals surface area contributed by atoms with Gasteiger partial charge in [0.05, 0.1) is 12.7 Å². The van der Waals surface area contributed by atoms with Crippen molar-refractivity contribution < 1.29 is 14.6 Å². The van der Waals surface area contributed by atoms with Crippen molar-refractivity contribution in [3.8, 4) is 5.75 Å². The van der Waals surface area contributed by atoms with Gasteiger partial charge in [0, 0.05) is 23.1 Å². The van der Waals surface area contributed by atoms with E-state index in [-0.39, 0.29) is 0 Å². The molecule has 1 N–H and O–H groups in total. The maximum absolute atomic E-state index is 11.2. The van der Waals surface area contributed by atoms with Gasteiger partial charge in [-0.05, 0) is 60.7 Å². The second kappa shape index (κ2) is 5.71. The number of fused-ring (bicyclic) bond motifs is 1. The van der Waals surface area contributed by atoms with E-state index in [1.54, 1.807) is 19.2 Å². The molecule has 1 aromatic heterocycles. The van der Waals surface area contributed by atoms with Crippen LogP contribution in [-0.2, 0) is 6.54 Å². The van der Waals surface area contributed by atoms with E-state index in [1.165, 1.54) is 29.4 Å². The Hall–Kier alpha value is -2.75. The number of rotatable bonds is 5. The Morgan fingerprint density at radius 2 is 2.04 bits per heavy atom. The van der Waals surface area contributed by atoms with Crippen LogP contribution < -0.4 is 4.74 Å². The van der Waals surface area contributed by atoms with Crippen molar-refractivity contribution in [2.45, 2.75) is 25.3 Å². The number of ether oxygens (including phenoxy) is 1. The van der Waals surface area contributed by atoms with Crippen molar-refractivity contribution >= 4 is 16.9 Å². The fourth-order valence-corrected chi connectivity index (χ4v) is 3.28.